The average Bonchev–Trinajstić information content (AvgIpc) is 2.27. The number of amides is 2. The molecule has 16 heavy (non-hydrogen) atoms. The Balaban J connectivity index is 2.77. The zero-order valence-electron chi connectivity index (χ0n) is 8.71. The lowest BCUT2D eigenvalue weighted by Gasteiger charge is -2.17. The van der Waals surface area contributed by atoms with Crippen LogP contribution < -0.4 is 10.4 Å². The summed E-state index contributed by atoms with van der Waals surface area (Å²) >= 11 is 0. The fraction of sp³-hybridized carbons (Fsp3) is 0.200. The molecule has 0 fully saturated rings. The van der Waals surface area contributed by atoms with E-state index in [9.17, 15) is 9.59 Å². The predicted octanol–water partition coefficient (Wildman–Crippen LogP) is 1.83. The summed E-state index contributed by atoms with van der Waals surface area (Å²) in [4.78, 5) is 26.6. The van der Waals surface area contributed by atoms with Crippen LogP contribution in [0.3, 0.4) is 0 Å². The summed E-state index contributed by atoms with van der Waals surface area (Å²) in [5.74, 6) is 0. The van der Waals surface area contributed by atoms with Gasteiger partial charge < -0.3 is 15.3 Å². The zero-order chi connectivity index (χ0) is 12.0. The number of hydrogen-bond acceptors (Lipinski definition) is 3. The molecular weight excluding hydrogens is 212 g/mol. The number of carbonyl (C=O) groups is 2. The Hall–Kier alpha value is -2.24. The van der Waals surface area contributed by atoms with E-state index in [1.54, 1.807) is 25.1 Å². The normalized spacial score (nSPS) is 9.31. The monoisotopic (exact) mass is 224 g/mol. The number of carboxylic acid groups (broad SMARTS) is 1. The van der Waals surface area contributed by atoms with E-state index in [-0.39, 0.29) is 5.69 Å². The maximum Gasteiger partial charge on any atom is 0.445 e. The number of anilines is 1. The molecule has 0 atom stereocenters. The highest BCUT2D eigenvalue weighted by Gasteiger charge is 2.19. The summed E-state index contributed by atoms with van der Waals surface area (Å²) in [5, 5.41) is 11.7. The molecule has 0 unspecified atom stereocenters. The molecule has 6 nitrogen and oxygen atoms in total. The predicted molar refractivity (Wildman–Crippen MR) is 57.1 cm³/mol. The smallest absolute Gasteiger partial charge is 0.445 e. The Bertz CT molecular complexity index is 366. The highest BCUT2D eigenvalue weighted by molar-refractivity contribution is 5.86. The highest BCUT2D eigenvalue weighted by atomic mass is 16.7. The number of hydroxylamine groups is 1. The second-order valence-electron chi connectivity index (χ2n) is 2.82. The summed E-state index contributed by atoms with van der Waals surface area (Å²) in [6.45, 7) is 2.07. The first-order valence-electron chi connectivity index (χ1n) is 4.69. The van der Waals surface area contributed by atoms with E-state index < -0.39 is 12.2 Å². The van der Waals surface area contributed by atoms with Crippen LogP contribution in [0.15, 0.2) is 30.3 Å². The highest BCUT2D eigenvalue weighted by Crippen LogP contribution is 2.13. The minimum atomic E-state index is -1.36. The van der Waals surface area contributed by atoms with Crippen LogP contribution in [0.25, 0.3) is 0 Å². The average molecular weight is 224 g/mol. The standard InChI is InChI=1S/C10H12N2O4/c1-2-11-9(13)16-12(10(14)15)8-6-4-3-5-7-8/h3-7H,2H2,1H3,(H,11,13)(H,14,15). The SMILES string of the molecule is CCNC(=O)ON(C(=O)O)c1ccccc1. The van der Waals surface area contributed by atoms with Gasteiger partial charge in [0.15, 0.2) is 0 Å². The topological polar surface area (TPSA) is 78.9 Å². The number of hydrogen-bond donors (Lipinski definition) is 2. The third-order valence-electron chi connectivity index (χ3n) is 1.66. The lowest BCUT2D eigenvalue weighted by Crippen LogP contribution is -2.37. The molecule has 0 spiro atoms. The first kappa shape index (κ1) is 11.8. The van der Waals surface area contributed by atoms with Crippen LogP contribution in [0.1, 0.15) is 6.92 Å². The fourth-order valence-electron chi connectivity index (χ4n) is 1.03. The van der Waals surface area contributed by atoms with E-state index in [1.807, 2.05) is 0 Å². The molecule has 0 bridgehead atoms. The van der Waals surface area contributed by atoms with E-state index in [4.69, 9.17) is 5.11 Å². The van der Waals surface area contributed by atoms with E-state index in [2.05, 4.69) is 10.2 Å². The van der Waals surface area contributed by atoms with Crippen molar-refractivity contribution in [1.82, 2.24) is 5.32 Å². The van der Waals surface area contributed by atoms with E-state index in [1.165, 1.54) is 12.1 Å². The van der Waals surface area contributed by atoms with Gasteiger partial charge in [-0.15, -0.1) is 5.06 Å². The van der Waals surface area contributed by atoms with Gasteiger partial charge in [-0.2, -0.15) is 0 Å². The number of benzene rings is 1. The molecule has 0 aliphatic rings. The third-order valence-corrected chi connectivity index (χ3v) is 1.66. The molecule has 2 amide bonds. The largest absolute Gasteiger partial charge is 0.463 e. The minimum Gasteiger partial charge on any atom is -0.463 e. The molecule has 0 heterocycles. The van der Waals surface area contributed by atoms with Crippen molar-refractivity contribution in [2.24, 2.45) is 0 Å². The van der Waals surface area contributed by atoms with Crippen LogP contribution in [-0.2, 0) is 4.84 Å². The van der Waals surface area contributed by atoms with E-state index >= 15 is 0 Å². The molecule has 86 valence electrons. The van der Waals surface area contributed by atoms with Crippen LogP contribution in [0.4, 0.5) is 15.3 Å². The van der Waals surface area contributed by atoms with Crippen LogP contribution in [0, 0.1) is 0 Å². The maximum absolute atomic E-state index is 11.1. The Morgan fingerprint density at radius 1 is 1.38 bits per heavy atom. The summed E-state index contributed by atoms with van der Waals surface area (Å²) in [6.07, 6.45) is -2.17. The van der Waals surface area contributed by atoms with Gasteiger partial charge in [-0.3, -0.25) is 0 Å². The first-order valence-corrected chi connectivity index (χ1v) is 4.69. The number of rotatable bonds is 2. The lowest BCUT2D eigenvalue weighted by molar-refractivity contribution is 0.118. The number of carbonyl (C=O) groups excluding carboxylic acids is 1. The molecule has 0 radical (unpaired) electrons. The van der Waals surface area contributed by atoms with Crippen molar-refractivity contribution in [3.8, 4) is 0 Å². The quantitative estimate of drug-likeness (QED) is 0.751. The van der Waals surface area contributed by atoms with Gasteiger partial charge in [0.05, 0.1) is 5.69 Å². The van der Waals surface area contributed by atoms with Gasteiger partial charge >= 0.3 is 12.2 Å². The Morgan fingerprint density at radius 3 is 2.50 bits per heavy atom. The molecule has 1 rings (SSSR count). The van der Waals surface area contributed by atoms with Crippen molar-refractivity contribution in [2.75, 3.05) is 11.6 Å². The van der Waals surface area contributed by atoms with Gasteiger partial charge in [0, 0.05) is 6.54 Å². The molecule has 0 aliphatic heterocycles. The lowest BCUT2D eigenvalue weighted by atomic mass is 10.3. The van der Waals surface area contributed by atoms with Gasteiger partial charge in [-0.05, 0) is 19.1 Å². The molecular formula is C10H12N2O4. The van der Waals surface area contributed by atoms with Gasteiger partial charge in [0.25, 0.3) is 0 Å². The van der Waals surface area contributed by atoms with Crippen molar-refractivity contribution in [1.29, 1.82) is 0 Å². The molecule has 0 saturated carbocycles. The third kappa shape index (κ3) is 3.16. The van der Waals surface area contributed by atoms with E-state index in [0.29, 0.717) is 11.6 Å². The van der Waals surface area contributed by atoms with Crippen molar-refractivity contribution in [3.63, 3.8) is 0 Å². The first-order chi connectivity index (χ1) is 7.65. The summed E-state index contributed by atoms with van der Waals surface area (Å²) in [7, 11) is 0. The van der Waals surface area contributed by atoms with Crippen LogP contribution in [-0.4, -0.2) is 23.8 Å². The molecule has 0 saturated heterocycles. The maximum atomic E-state index is 11.1. The van der Waals surface area contributed by atoms with Crippen molar-refractivity contribution in [3.05, 3.63) is 30.3 Å². The summed E-state index contributed by atoms with van der Waals surface area (Å²) < 4.78 is 0. The van der Waals surface area contributed by atoms with Gasteiger partial charge in [0.1, 0.15) is 0 Å². The van der Waals surface area contributed by atoms with Crippen LogP contribution in [0.2, 0.25) is 0 Å². The summed E-state index contributed by atoms with van der Waals surface area (Å²) in [6, 6.07) is 8.06. The second-order valence-corrected chi connectivity index (χ2v) is 2.82. The van der Waals surface area contributed by atoms with Crippen molar-refractivity contribution in [2.45, 2.75) is 6.92 Å². The molecule has 6 heteroatoms. The van der Waals surface area contributed by atoms with Crippen LogP contribution >= 0.6 is 0 Å². The molecule has 0 aliphatic carbocycles. The Labute approximate surface area is 92.4 Å². The molecule has 0 aromatic heterocycles. The fourth-order valence-corrected chi connectivity index (χ4v) is 1.03. The van der Waals surface area contributed by atoms with Crippen molar-refractivity contribution < 1.29 is 19.5 Å². The van der Waals surface area contributed by atoms with Gasteiger partial charge in [0.2, 0.25) is 0 Å². The van der Waals surface area contributed by atoms with Gasteiger partial charge in [-0.25, -0.2) is 9.59 Å². The van der Waals surface area contributed by atoms with E-state index in [0.717, 1.165) is 0 Å². The molecule has 1 aromatic rings. The van der Waals surface area contributed by atoms with Crippen molar-refractivity contribution >= 4 is 17.9 Å². The summed E-state index contributed by atoms with van der Waals surface area (Å²) in [5.41, 5.74) is 0.265. The molecule has 1 aromatic carbocycles. The Morgan fingerprint density at radius 2 is 2.00 bits per heavy atom. The zero-order valence-corrected chi connectivity index (χ0v) is 8.71. The van der Waals surface area contributed by atoms with Gasteiger partial charge in [-0.1, -0.05) is 18.2 Å². The second kappa shape index (κ2) is 5.59. The van der Waals surface area contributed by atoms with Crippen LogP contribution in [0.5, 0.6) is 0 Å². The molecule has 2 N–H and O–H groups in total. The number of nitrogens with one attached hydrogen (secondary N) is 1. The number of para-hydroxylation sites is 1. The Kier molecular flexibility index (Phi) is 4.14. The number of nitrogens with zero attached hydrogens (tertiary/aromatic N) is 1. The minimum absolute atomic E-state index is 0.265.